The third-order valence-electron chi connectivity index (χ3n) is 9.03. The van der Waals surface area contributed by atoms with Gasteiger partial charge in [-0.1, -0.05) is 140 Å². The summed E-state index contributed by atoms with van der Waals surface area (Å²) in [5, 5.41) is 7.13. The van der Waals surface area contributed by atoms with Crippen LogP contribution in [0.25, 0.3) is 65.7 Å². The van der Waals surface area contributed by atoms with Crippen LogP contribution in [0.5, 0.6) is 0 Å². The maximum absolute atomic E-state index is 6.55. The van der Waals surface area contributed by atoms with Crippen molar-refractivity contribution in [3.63, 3.8) is 0 Å². The molecule has 0 spiro atoms. The molecule has 0 saturated heterocycles. The molecular formula is C44H29NO. The van der Waals surface area contributed by atoms with E-state index in [0.29, 0.717) is 0 Å². The molecule has 0 aliphatic heterocycles. The molecule has 0 radical (unpaired) electrons. The maximum atomic E-state index is 6.55. The van der Waals surface area contributed by atoms with E-state index in [1.165, 1.54) is 32.7 Å². The van der Waals surface area contributed by atoms with Crippen molar-refractivity contribution in [3.05, 3.63) is 176 Å². The van der Waals surface area contributed by atoms with Gasteiger partial charge >= 0.3 is 0 Å². The van der Waals surface area contributed by atoms with Crippen LogP contribution in [0.4, 0.5) is 17.1 Å². The van der Waals surface area contributed by atoms with Gasteiger partial charge in [-0.05, 0) is 63.7 Å². The van der Waals surface area contributed by atoms with Crippen molar-refractivity contribution in [3.8, 4) is 22.3 Å². The van der Waals surface area contributed by atoms with Gasteiger partial charge in [0.25, 0.3) is 0 Å². The highest BCUT2D eigenvalue weighted by Crippen LogP contribution is 2.46. The number of nitrogens with zero attached hydrogens (tertiary/aromatic N) is 1. The van der Waals surface area contributed by atoms with Crippen molar-refractivity contribution in [2.75, 3.05) is 4.90 Å². The topological polar surface area (TPSA) is 16.4 Å². The van der Waals surface area contributed by atoms with Gasteiger partial charge in [0, 0.05) is 33.0 Å². The third kappa shape index (κ3) is 4.35. The highest BCUT2D eigenvalue weighted by atomic mass is 16.3. The van der Waals surface area contributed by atoms with Crippen LogP contribution >= 0.6 is 0 Å². The predicted octanol–water partition coefficient (Wildman–Crippen LogP) is 12.7. The quantitative estimate of drug-likeness (QED) is 0.199. The Labute approximate surface area is 267 Å². The molecule has 0 aliphatic carbocycles. The van der Waals surface area contributed by atoms with Crippen molar-refractivity contribution in [1.82, 2.24) is 0 Å². The second-order valence-corrected chi connectivity index (χ2v) is 11.7. The summed E-state index contributed by atoms with van der Waals surface area (Å²) in [7, 11) is 0. The molecule has 0 amide bonds. The Morgan fingerprint density at radius 2 is 1.00 bits per heavy atom. The number of hydrogen-bond donors (Lipinski definition) is 0. The molecule has 216 valence electrons. The number of fused-ring (bicyclic) bond motifs is 5. The highest BCUT2D eigenvalue weighted by molar-refractivity contribution is 6.11. The minimum Gasteiger partial charge on any atom is -0.455 e. The molecule has 0 bridgehead atoms. The number of furan rings is 1. The summed E-state index contributed by atoms with van der Waals surface area (Å²) in [6.07, 6.45) is 0. The van der Waals surface area contributed by atoms with E-state index in [0.717, 1.165) is 50.1 Å². The van der Waals surface area contributed by atoms with Crippen LogP contribution in [0.3, 0.4) is 0 Å². The van der Waals surface area contributed by atoms with E-state index in [1.807, 2.05) is 12.1 Å². The Morgan fingerprint density at radius 3 is 1.93 bits per heavy atom. The van der Waals surface area contributed by atoms with Gasteiger partial charge in [-0.15, -0.1) is 0 Å². The normalized spacial score (nSPS) is 11.5. The molecule has 1 aromatic heterocycles. The van der Waals surface area contributed by atoms with Crippen LogP contribution in [0, 0.1) is 0 Å². The number of rotatable bonds is 5. The average molecular weight is 588 g/mol. The fraction of sp³-hybridized carbons (Fsp3) is 0. The molecule has 0 saturated carbocycles. The largest absolute Gasteiger partial charge is 0.455 e. The molecule has 2 nitrogen and oxygen atoms in total. The Balaban J connectivity index is 1.29. The summed E-state index contributed by atoms with van der Waals surface area (Å²) in [5.74, 6) is 0. The first-order chi connectivity index (χ1) is 22.8. The lowest BCUT2D eigenvalue weighted by molar-refractivity contribution is 0.670. The Bertz CT molecular complexity index is 2550. The monoisotopic (exact) mass is 587 g/mol. The summed E-state index contributed by atoms with van der Waals surface area (Å²) in [6, 6.07) is 62.8. The van der Waals surface area contributed by atoms with Crippen molar-refractivity contribution in [1.29, 1.82) is 0 Å². The summed E-state index contributed by atoms with van der Waals surface area (Å²) in [6.45, 7) is 0. The summed E-state index contributed by atoms with van der Waals surface area (Å²) < 4.78 is 6.55. The van der Waals surface area contributed by atoms with E-state index < -0.39 is 0 Å². The summed E-state index contributed by atoms with van der Waals surface area (Å²) in [4.78, 5) is 2.41. The van der Waals surface area contributed by atoms with Gasteiger partial charge in [-0.2, -0.15) is 0 Å². The highest BCUT2D eigenvalue weighted by Gasteiger charge is 2.21. The van der Waals surface area contributed by atoms with E-state index in [2.05, 4.69) is 169 Å². The number of hydrogen-bond acceptors (Lipinski definition) is 2. The standard InChI is InChI=1S/C44H29NO/c1-2-14-32-28-34(27-26-30(32)12-1)33-16-9-17-35(29-33)45(41-24-10-15-31-13-3-4-18-36(31)41)42-23-7-5-19-37(42)39-21-11-22-40-38-20-6-8-25-43(38)46-44(39)40/h1-29H. The molecule has 8 aromatic carbocycles. The van der Waals surface area contributed by atoms with Crippen molar-refractivity contribution >= 4 is 60.5 Å². The first-order valence-corrected chi connectivity index (χ1v) is 15.7. The van der Waals surface area contributed by atoms with Crippen molar-refractivity contribution in [2.45, 2.75) is 0 Å². The first kappa shape index (κ1) is 26.3. The smallest absolute Gasteiger partial charge is 0.143 e. The van der Waals surface area contributed by atoms with Gasteiger partial charge in [0.1, 0.15) is 11.2 Å². The molecule has 0 N–H and O–H groups in total. The zero-order valence-corrected chi connectivity index (χ0v) is 25.1. The van der Waals surface area contributed by atoms with E-state index in [9.17, 15) is 0 Å². The van der Waals surface area contributed by atoms with Gasteiger partial charge in [0.15, 0.2) is 0 Å². The number of anilines is 3. The molecule has 0 unspecified atom stereocenters. The van der Waals surface area contributed by atoms with E-state index in [4.69, 9.17) is 4.42 Å². The van der Waals surface area contributed by atoms with Crippen LogP contribution in [-0.2, 0) is 0 Å². The van der Waals surface area contributed by atoms with Gasteiger partial charge in [0.05, 0.1) is 11.4 Å². The van der Waals surface area contributed by atoms with Crippen molar-refractivity contribution < 1.29 is 4.42 Å². The van der Waals surface area contributed by atoms with Gasteiger partial charge in [-0.3, -0.25) is 0 Å². The lowest BCUT2D eigenvalue weighted by atomic mass is 9.97. The summed E-state index contributed by atoms with van der Waals surface area (Å²) in [5.41, 5.74) is 9.64. The predicted molar refractivity (Wildman–Crippen MR) is 194 cm³/mol. The molecular weight excluding hydrogens is 558 g/mol. The fourth-order valence-electron chi connectivity index (χ4n) is 6.86. The van der Waals surface area contributed by atoms with Gasteiger partial charge in [-0.25, -0.2) is 0 Å². The lowest BCUT2D eigenvalue weighted by Crippen LogP contribution is -2.12. The number of para-hydroxylation sites is 3. The minimum absolute atomic E-state index is 0.899. The molecule has 9 aromatic rings. The molecule has 0 atom stereocenters. The molecule has 1 heterocycles. The van der Waals surface area contributed by atoms with Crippen LogP contribution in [0.2, 0.25) is 0 Å². The SMILES string of the molecule is c1cc(-c2ccc3ccccc3c2)cc(N(c2ccccc2-c2cccc3c2oc2ccccc23)c2cccc3ccccc23)c1. The second kappa shape index (κ2) is 10.8. The second-order valence-electron chi connectivity index (χ2n) is 11.7. The van der Waals surface area contributed by atoms with Crippen LogP contribution < -0.4 is 4.90 Å². The number of benzene rings is 8. The lowest BCUT2D eigenvalue weighted by Gasteiger charge is -2.29. The Hall–Kier alpha value is -6.12. The molecule has 9 rings (SSSR count). The Morgan fingerprint density at radius 1 is 0.370 bits per heavy atom. The molecule has 46 heavy (non-hydrogen) atoms. The Kier molecular flexibility index (Phi) is 6.17. The van der Waals surface area contributed by atoms with Crippen molar-refractivity contribution in [2.24, 2.45) is 0 Å². The average Bonchev–Trinajstić information content (AvgIpc) is 3.51. The summed E-state index contributed by atoms with van der Waals surface area (Å²) >= 11 is 0. The zero-order valence-electron chi connectivity index (χ0n) is 25.1. The van der Waals surface area contributed by atoms with E-state index in [-0.39, 0.29) is 0 Å². The molecule has 0 aliphatic rings. The molecule has 2 heteroatoms. The first-order valence-electron chi connectivity index (χ1n) is 15.7. The van der Waals surface area contributed by atoms with Gasteiger partial charge in [0.2, 0.25) is 0 Å². The van der Waals surface area contributed by atoms with Crippen LogP contribution in [0.1, 0.15) is 0 Å². The van der Waals surface area contributed by atoms with E-state index in [1.54, 1.807) is 0 Å². The van der Waals surface area contributed by atoms with Crippen LogP contribution in [-0.4, -0.2) is 0 Å². The van der Waals surface area contributed by atoms with Crippen LogP contribution in [0.15, 0.2) is 180 Å². The third-order valence-corrected chi connectivity index (χ3v) is 9.03. The van der Waals surface area contributed by atoms with Gasteiger partial charge < -0.3 is 9.32 Å². The van der Waals surface area contributed by atoms with E-state index >= 15 is 0 Å². The fourth-order valence-corrected chi connectivity index (χ4v) is 6.86. The molecule has 0 fully saturated rings. The maximum Gasteiger partial charge on any atom is 0.143 e. The zero-order chi connectivity index (χ0) is 30.5. The minimum atomic E-state index is 0.899.